The van der Waals surface area contributed by atoms with Gasteiger partial charge in [-0.1, -0.05) is 60.2 Å². The third-order valence-electron chi connectivity index (χ3n) is 8.65. The number of aryl methyl sites for hydroxylation is 2. The Morgan fingerprint density at radius 1 is 0.780 bits per heavy atom. The molecule has 50 heavy (non-hydrogen) atoms. The monoisotopic (exact) mass is 671 g/mol. The van der Waals surface area contributed by atoms with E-state index in [9.17, 15) is 9.18 Å². The number of amides is 1. The van der Waals surface area contributed by atoms with Crippen molar-refractivity contribution in [1.29, 1.82) is 0 Å². The van der Waals surface area contributed by atoms with Crippen molar-refractivity contribution >= 4 is 12.0 Å². The van der Waals surface area contributed by atoms with Crippen LogP contribution >= 0.6 is 0 Å². The Bertz CT molecular complexity index is 1880. The normalized spacial score (nSPS) is 13.4. The maximum Gasteiger partial charge on any atom is 0.246 e. The number of hydrogen-bond acceptors (Lipinski definition) is 6. The molecule has 2 heterocycles. The maximum absolute atomic E-state index is 13.1. The zero-order chi connectivity index (χ0) is 34.7. The molecule has 0 radical (unpaired) electrons. The number of piperazine rings is 1. The van der Waals surface area contributed by atoms with E-state index < -0.39 is 0 Å². The molecule has 0 saturated carbocycles. The minimum absolute atomic E-state index is 0.0190. The molecule has 1 aromatic heterocycles. The number of pyridine rings is 1. The summed E-state index contributed by atoms with van der Waals surface area (Å²) in [7, 11) is 0. The number of aromatic nitrogens is 1. The molecule has 6 rings (SSSR count). The number of rotatable bonds is 13. The number of carbonyl (C=O) groups is 1. The van der Waals surface area contributed by atoms with Gasteiger partial charge in [-0.15, -0.1) is 0 Å². The second-order valence-corrected chi connectivity index (χ2v) is 12.5. The van der Waals surface area contributed by atoms with Crippen molar-refractivity contribution in [2.45, 2.75) is 33.4 Å². The van der Waals surface area contributed by atoms with Crippen molar-refractivity contribution in [1.82, 2.24) is 14.8 Å². The van der Waals surface area contributed by atoms with Crippen molar-refractivity contribution < 1.29 is 23.4 Å². The van der Waals surface area contributed by atoms with E-state index in [0.717, 1.165) is 42.7 Å². The van der Waals surface area contributed by atoms with E-state index in [4.69, 9.17) is 14.2 Å². The topological polar surface area (TPSA) is 64.1 Å². The lowest BCUT2D eigenvalue weighted by Crippen LogP contribution is -2.47. The van der Waals surface area contributed by atoms with Gasteiger partial charge in [0.1, 0.15) is 29.7 Å². The highest BCUT2D eigenvalue weighted by molar-refractivity contribution is 5.92. The van der Waals surface area contributed by atoms with Crippen molar-refractivity contribution in [2.24, 2.45) is 0 Å². The Morgan fingerprint density at radius 2 is 1.52 bits per heavy atom. The number of nitrogens with zero attached hydrogens (tertiary/aromatic N) is 3. The van der Waals surface area contributed by atoms with Gasteiger partial charge in [-0.25, -0.2) is 9.37 Å². The van der Waals surface area contributed by atoms with Gasteiger partial charge < -0.3 is 19.1 Å². The fraction of sp³-hybridized carbons (Fsp3) is 0.238. The van der Waals surface area contributed by atoms with Crippen LogP contribution in [0, 0.1) is 19.7 Å². The number of hydrogen-bond donors (Lipinski definition) is 0. The van der Waals surface area contributed by atoms with Gasteiger partial charge in [0.25, 0.3) is 0 Å². The molecule has 0 spiro atoms. The lowest BCUT2D eigenvalue weighted by Gasteiger charge is -2.34. The zero-order valence-electron chi connectivity index (χ0n) is 28.6. The number of ether oxygens (including phenoxy) is 3. The molecule has 0 unspecified atom stereocenters. The summed E-state index contributed by atoms with van der Waals surface area (Å²) < 4.78 is 30.6. The van der Waals surface area contributed by atoms with E-state index in [2.05, 4.69) is 53.2 Å². The van der Waals surface area contributed by atoms with E-state index >= 15 is 0 Å². The van der Waals surface area contributed by atoms with Gasteiger partial charge in [0.15, 0.2) is 0 Å². The van der Waals surface area contributed by atoms with Crippen LogP contribution in [0.25, 0.3) is 6.08 Å². The van der Waals surface area contributed by atoms with Crippen LogP contribution in [0.1, 0.15) is 33.4 Å². The van der Waals surface area contributed by atoms with Gasteiger partial charge in [0, 0.05) is 51.3 Å². The third-order valence-corrected chi connectivity index (χ3v) is 8.65. The van der Waals surface area contributed by atoms with E-state index in [0.29, 0.717) is 49.4 Å². The molecule has 1 amide bonds. The number of benzene rings is 4. The first-order valence-electron chi connectivity index (χ1n) is 16.9. The van der Waals surface area contributed by atoms with Crippen LogP contribution in [0.4, 0.5) is 4.39 Å². The van der Waals surface area contributed by atoms with Gasteiger partial charge in [0.2, 0.25) is 11.8 Å². The maximum atomic E-state index is 13.1. The van der Waals surface area contributed by atoms with Crippen LogP contribution < -0.4 is 14.2 Å². The Balaban J connectivity index is 0.913. The fourth-order valence-electron chi connectivity index (χ4n) is 5.78. The summed E-state index contributed by atoms with van der Waals surface area (Å²) >= 11 is 0. The highest BCUT2D eigenvalue weighted by Crippen LogP contribution is 2.25. The summed E-state index contributed by atoms with van der Waals surface area (Å²) in [4.78, 5) is 21.7. The molecule has 8 heteroatoms. The van der Waals surface area contributed by atoms with Crippen molar-refractivity contribution in [3.05, 3.63) is 155 Å². The van der Waals surface area contributed by atoms with Crippen LogP contribution in [0.5, 0.6) is 23.1 Å². The van der Waals surface area contributed by atoms with Crippen LogP contribution in [0.2, 0.25) is 0 Å². The first-order chi connectivity index (χ1) is 24.4. The number of carbonyl (C=O) groups excluding carboxylic acids is 1. The Kier molecular flexibility index (Phi) is 11.5. The predicted octanol–water partition coefficient (Wildman–Crippen LogP) is 8.19. The summed E-state index contributed by atoms with van der Waals surface area (Å²) in [5, 5.41) is 0. The summed E-state index contributed by atoms with van der Waals surface area (Å²) in [5.74, 6) is 2.25. The van der Waals surface area contributed by atoms with E-state index in [-0.39, 0.29) is 11.7 Å². The largest absolute Gasteiger partial charge is 0.493 e. The second-order valence-electron chi connectivity index (χ2n) is 12.5. The second kappa shape index (κ2) is 16.8. The molecule has 4 aromatic carbocycles. The molecule has 5 aromatic rings. The molecule has 7 nitrogen and oxygen atoms in total. The molecular formula is C42H42FN3O4. The molecule has 256 valence electrons. The summed E-state index contributed by atoms with van der Waals surface area (Å²) in [6, 6.07) is 32.3. The van der Waals surface area contributed by atoms with Crippen molar-refractivity contribution in [2.75, 3.05) is 32.8 Å². The summed E-state index contributed by atoms with van der Waals surface area (Å²) in [6.07, 6.45) is 5.98. The Morgan fingerprint density at radius 3 is 2.24 bits per heavy atom. The molecule has 0 bridgehead atoms. The van der Waals surface area contributed by atoms with E-state index in [1.165, 1.54) is 28.8 Å². The predicted molar refractivity (Wildman–Crippen MR) is 194 cm³/mol. The van der Waals surface area contributed by atoms with Crippen LogP contribution in [0.3, 0.4) is 0 Å². The van der Waals surface area contributed by atoms with Gasteiger partial charge in [0.05, 0.1) is 12.8 Å². The summed E-state index contributed by atoms with van der Waals surface area (Å²) in [5.41, 5.74) is 6.71. The Hall–Kier alpha value is -5.47. The molecule has 0 aliphatic carbocycles. The lowest BCUT2D eigenvalue weighted by molar-refractivity contribution is -0.127. The van der Waals surface area contributed by atoms with E-state index in [1.54, 1.807) is 30.5 Å². The number of halogens is 1. The van der Waals surface area contributed by atoms with Crippen LogP contribution in [-0.2, 0) is 24.4 Å². The van der Waals surface area contributed by atoms with Crippen molar-refractivity contribution in [3.63, 3.8) is 0 Å². The minimum Gasteiger partial charge on any atom is -0.493 e. The SMILES string of the molecule is Cc1cccc(COc2ccc(Oc3ccc(C=CC(=O)N4CCN(Cc5ccc(CCOc6ccc(F)cc6)cc5)CC4)c(C)c3)nc2)c1. The quantitative estimate of drug-likeness (QED) is 0.118. The zero-order valence-corrected chi connectivity index (χ0v) is 28.6. The first kappa shape index (κ1) is 34.4. The van der Waals surface area contributed by atoms with E-state index in [1.807, 2.05) is 54.3 Å². The average molecular weight is 672 g/mol. The molecule has 0 atom stereocenters. The van der Waals surface area contributed by atoms with Gasteiger partial charge in [-0.2, -0.15) is 0 Å². The van der Waals surface area contributed by atoms with Gasteiger partial charge >= 0.3 is 0 Å². The molecule has 1 fully saturated rings. The molecule has 1 aliphatic heterocycles. The molecule has 0 N–H and O–H groups in total. The first-order valence-corrected chi connectivity index (χ1v) is 16.9. The van der Waals surface area contributed by atoms with Gasteiger partial charge in [-0.05, 0) is 90.2 Å². The molecule has 1 aliphatic rings. The third kappa shape index (κ3) is 10.0. The molecular weight excluding hydrogens is 629 g/mol. The highest BCUT2D eigenvalue weighted by Gasteiger charge is 2.19. The van der Waals surface area contributed by atoms with Crippen molar-refractivity contribution in [3.8, 4) is 23.1 Å². The van der Waals surface area contributed by atoms with Gasteiger partial charge in [-0.3, -0.25) is 9.69 Å². The highest BCUT2D eigenvalue weighted by atomic mass is 19.1. The summed E-state index contributed by atoms with van der Waals surface area (Å²) in [6.45, 7) is 8.96. The van der Waals surface area contributed by atoms with Crippen LogP contribution in [-0.4, -0.2) is 53.5 Å². The van der Waals surface area contributed by atoms with Crippen LogP contribution in [0.15, 0.2) is 115 Å². The molecule has 1 saturated heterocycles. The standard InChI is InChI=1S/C42H42FN3O4/c1-31-4-3-5-35(26-31)30-49-40-17-18-41(44-28-40)50-39-14-10-36(32(2)27-39)11-19-42(47)46-23-21-45(22-24-46)29-34-8-6-33(7-9-34)20-25-48-38-15-12-37(43)13-16-38/h3-19,26-28H,20-25,29-30H2,1-2H3. The fourth-order valence-corrected chi connectivity index (χ4v) is 5.78. The minimum atomic E-state index is -0.268. The smallest absolute Gasteiger partial charge is 0.246 e. The Labute approximate surface area is 293 Å². The lowest BCUT2D eigenvalue weighted by atomic mass is 10.1. The average Bonchev–Trinajstić information content (AvgIpc) is 3.13.